The minimum absolute atomic E-state index is 0.0762. The smallest absolute Gasteiger partial charge is 0.416 e. The Morgan fingerprint density at radius 3 is 1.88 bits per heavy atom. The zero-order valence-electron chi connectivity index (χ0n) is 35.4. The minimum atomic E-state index is -5.39. The van der Waals surface area contributed by atoms with Crippen LogP contribution in [0.2, 0.25) is 0 Å². The number of aliphatic carboxylic acids is 1. The Labute approximate surface area is 360 Å². The maximum atomic E-state index is 14.3. The number of benzene rings is 2. The van der Waals surface area contributed by atoms with Gasteiger partial charge >= 0.3 is 24.4 Å². The molecule has 23 heteroatoms. The Bertz CT molecular complexity index is 2410. The number of aromatic hydroxyl groups is 1. The highest BCUT2D eigenvalue weighted by Gasteiger charge is 2.64. The minimum Gasteiger partial charge on any atom is -0.508 e. The molecule has 17 nitrogen and oxygen atoms in total. The van der Waals surface area contributed by atoms with Crippen LogP contribution in [0.4, 0.5) is 42.5 Å². The first kappa shape index (κ1) is 48.7. The summed E-state index contributed by atoms with van der Waals surface area (Å²) in [6.07, 6.45) is -12.8. The number of alkyl halides is 6. The molecule has 0 saturated heterocycles. The second-order valence-electron chi connectivity index (χ2n) is 17.3. The summed E-state index contributed by atoms with van der Waals surface area (Å²) < 4.78 is 87.3. The number of anilines is 2. The number of halogens is 6. The number of aliphatic hydroxyl groups excluding tert-OH is 2. The third kappa shape index (κ3) is 8.16. The molecule has 0 bridgehead atoms. The molecular weight excluding hydrogens is 868 g/mol. The van der Waals surface area contributed by atoms with Crippen molar-refractivity contribution >= 4 is 52.6 Å². The number of nitrogens with two attached hydrogens (primary N) is 1. The fourth-order valence-electron chi connectivity index (χ4n) is 8.38. The van der Waals surface area contributed by atoms with Crippen LogP contribution in [0.1, 0.15) is 61.9 Å². The van der Waals surface area contributed by atoms with Crippen LogP contribution >= 0.6 is 0 Å². The molecule has 5 atom stereocenters. The summed E-state index contributed by atoms with van der Waals surface area (Å²) in [7, 11) is 5.99. The fourth-order valence-corrected chi connectivity index (χ4v) is 8.38. The number of hydrogen-bond acceptors (Lipinski definition) is 13. The van der Waals surface area contributed by atoms with Crippen LogP contribution in [0, 0.1) is 11.8 Å². The molecule has 0 spiro atoms. The maximum Gasteiger partial charge on any atom is 0.416 e. The molecule has 3 aliphatic rings. The molecule has 1 fully saturated rings. The van der Waals surface area contributed by atoms with Gasteiger partial charge in [0.1, 0.15) is 29.4 Å². The van der Waals surface area contributed by atoms with E-state index in [2.05, 4.69) is 5.32 Å². The number of rotatable bonds is 9. The summed E-state index contributed by atoms with van der Waals surface area (Å²) in [5.74, 6) is -12.4. The largest absolute Gasteiger partial charge is 0.508 e. The van der Waals surface area contributed by atoms with E-state index in [1.54, 1.807) is 14.1 Å². The van der Waals surface area contributed by atoms with Gasteiger partial charge in [-0.25, -0.2) is 9.59 Å². The van der Waals surface area contributed by atoms with Crippen molar-refractivity contribution in [3.63, 3.8) is 0 Å². The number of nitrogens with one attached hydrogen (secondary N) is 1. The normalized spacial score (nSPS) is 22.3. The standard InChI is InChI=1S/C41H45F6N5O12/c1-37(2,3)52(36(62)64-38(4,35(60)61)17-11-18(40(42,43)44)13-19(12-17)41(45,46)47)15-24(53)49-22-14-23(50(5)6)20-9-16-10-21-28(51(7)8)31(56)27(34(48)59)33(58)39(21,63)32(57)25(16)30(55)26(20)29(22)54/h11-14,16,21,28,54-55,58,63H,9-10,15H2,1-8H3,(H2,48,59)(H,49,53)(H,60,61)/t16-,21-,28-,38?,39-/m0/s1. The third-order valence-electron chi connectivity index (χ3n) is 11.6. The van der Waals surface area contributed by atoms with Crippen LogP contribution in [0.25, 0.3) is 5.76 Å². The second-order valence-corrected chi connectivity index (χ2v) is 17.3. The lowest BCUT2D eigenvalue weighted by atomic mass is 9.57. The predicted molar refractivity (Wildman–Crippen MR) is 212 cm³/mol. The van der Waals surface area contributed by atoms with Crippen molar-refractivity contribution in [3.8, 4) is 5.75 Å². The topological polar surface area (TPSA) is 261 Å². The van der Waals surface area contributed by atoms with Gasteiger partial charge in [-0.3, -0.25) is 29.0 Å². The van der Waals surface area contributed by atoms with Gasteiger partial charge in [0.25, 0.3) is 5.91 Å². The van der Waals surface area contributed by atoms with Gasteiger partial charge in [0, 0.05) is 42.4 Å². The summed E-state index contributed by atoms with van der Waals surface area (Å²) in [6.45, 7) is 3.48. The number of amides is 3. The van der Waals surface area contributed by atoms with Gasteiger partial charge in [-0.2, -0.15) is 26.3 Å². The Hall–Kier alpha value is -6.36. The van der Waals surface area contributed by atoms with Crippen LogP contribution < -0.4 is 16.0 Å². The second kappa shape index (κ2) is 16.0. The van der Waals surface area contributed by atoms with Gasteiger partial charge in [0.2, 0.25) is 17.3 Å². The number of fused-ring (bicyclic) bond motifs is 3. The van der Waals surface area contributed by atoms with Gasteiger partial charge in [-0.15, -0.1) is 0 Å². The van der Waals surface area contributed by atoms with E-state index in [0.717, 1.165) is 0 Å². The van der Waals surface area contributed by atoms with Crippen LogP contribution in [0.3, 0.4) is 0 Å². The predicted octanol–water partition coefficient (Wildman–Crippen LogP) is 4.24. The van der Waals surface area contributed by atoms with E-state index in [4.69, 9.17) is 10.5 Å². The molecule has 0 radical (unpaired) electrons. The molecule has 3 amide bonds. The molecule has 2 aromatic rings. The number of likely N-dealkylation sites (N-methyl/N-ethyl adjacent to an activating group) is 1. The average molecular weight is 914 g/mol. The molecule has 1 saturated carbocycles. The van der Waals surface area contributed by atoms with Gasteiger partial charge in [0.05, 0.1) is 28.4 Å². The lowest BCUT2D eigenvalue weighted by Gasteiger charge is -2.50. The van der Waals surface area contributed by atoms with Gasteiger partial charge in [0.15, 0.2) is 11.4 Å². The van der Waals surface area contributed by atoms with Crippen LogP contribution in [-0.2, 0) is 53.1 Å². The number of aliphatic hydroxyl groups is 3. The summed E-state index contributed by atoms with van der Waals surface area (Å²) in [4.78, 5) is 83.5. The van der Waals surface area contributed by atoms with Crippen molar-refractivity contribution in [1.29, 1.82) is 0 Å². The molecule has 8 N–H and O–H groups in total. The number of ketones is 2. The first-order chi connectivity index (χ1) is 29.1. The van der Waals surface area contributed by atoms with Gasteiger partial charge in [-0.1, -0.05) is 0 Å². The van der Waals surface area contributed by atoms with E-state index in [1.807, 2.05) is 0 Å². The Morgan fingerprint density at radius 1 is 0.891 bits per heavy atom. The number of carboxylic acids is 1. The number of carbonyl (C=O) groups is 6. The molecule has 1 unspecified atom stereocenters. The van der Waals surface area contributed by atoms with Crippen molar-refractivity contribution in [2.45, 2.75) is 75.7 Å². The van der Waals surface area contributed by atoms with E-state index in [1.165, 1.54) is 50.7 Å². The van der Waals surface area contributed by atoms with E-state index in [-0.39, 0.29) is 42.3 Å². The van der Waals surface area contributed by atoms with Gasteiger partial charge < -0.3 is 46.2 Å². The van der Waals surface area contributed by atoms with E-state index in [9.17, 15) is 80.6 Å². The molecule has 0 aliphatic heterocycles. The molecule has 64 heavy (non-hydrogen) atoms. The monoisotopic (exact) mass is 913 g/mol. The van der Waals surface area contributed by atoms with E-state index >= 15 is 0 Å². The van der Waals surface area contributed by atoms with Crippen LogP contribution in [-0.4, -0.2) is 123 Å². The summed E-state index contributed by atoms with van der Waals surface area (Å²) in [6, 6.07) is -0.165. The number of hydrogen-bond donors (Lipinski definition) is 7. The number of ether oxygens (including phenoxy) is 1. The highest BCUT2D eigenvalue weighted by atomic mass is 19.4. The number of carboxylic acid groups (broad SMARTS) is 1. The molecular formula is C41H45F6N5O12. The Kier molecular flexibility index (Phi) is 12.2. The van der Waals surface area contributed by atoms with Gasteiger partial charge in [-0.05, 0) is 90.4 Å². The maximum absolute atomic E-state index is 14.3. The van der Waals surface area contributed by atoms with Crippen LogP contribution in [0.15, 0.2) is 41.2 Å². The highest BCUT2D eigenvalue weighted by Crippen LogP contribution is 2.55. The van der Waals surface area contributed by atoms with Crippen molar-refractivity contribution < 1.29 is 85.4 Å². The number of carbonyl (C=O) groups excluding carboxylic acids is 5. The lowest BCUT2D eigenvalue weighted by molar-refractivity contribution is -0.160. The Morgan fingerprint density at radius 2 is 1.42 bits per heavy atom. The molecule has 3 aliphatic carbocycles. The highest BCUT2D eigenvalue weighted by molar-refractivity contribution is 6.24. The first-order valence-corrected chi connectivity index (χ1v) is 19.1. The summed E-state index contributed by atoms with van der Waals surface area (Å²) >= 11 is 0. The zero-order chi connectivity index (χ0) is 48.7. The van der Waals surface area contributed by atoms with Crippen molar-refractivity contribution in [2.75, 3.05) is 45.0 Å². The summed E-state index contributed by atoms with van der Waals surface area (Å²) in [5, 5.41) is 58.9. The molecule has 0 heterocycles. The zero-order valence-corrected chi connectivity index (χ0v) is 35.4. The molecule has 2 aromatic carbocycles. The number of nitrogens with zero attached hydrogens (tertiary/aromatic N) is 3. The lowest BCUT2D eigenvalue weighted by Crippen LogP contribution is -2.65. The summed E-state index contributed by atoms with van der Waals surface area (Å²) in [5.41, 5.74) is -9.16. The fraction of sp³-hybridized carbons (Fsp3) is 0.463. The quantitative estimate of drug-likeness (QED) is 0.106. The number of phenols is 1. The van der Waals surface area contributed by atoms with Crippen LogP contribution in [0.5, 0.6) is 5.75 Å². The first-order valence-electron chi connectivity index (χ1n) is 19.1. The molecule has 0 aromatic heterocycles. The number of primary amides is 1. The number of phenolic OH excluding ortho intramolecular Hbond substituents is 1. The Balaban J connectivity index is 1.54. The average Bonchev–Trinajstić information content (AvgIpc) is 3.14. The SMILES string of the molecule is CN(C)c1cc(NC(=O)CN(C(=O)OC(C)(C(=O)O)c2cc(C(F)(F)F)cc(C(F)(F)F)c2)C(C)(C)C)c(O)c2c1C[C@H]1C[C@H]3[C@H](N(C)C)C(=O)C(C(N)=O)=C(O)[C@@]3(O)C(=O)C1=C2O. The van der Waals surface area contributed by atoms with Crippen molar-refractivity contribution in [1.82, 2.24) is 9.80 Å². The molecule has 348 valence electrons. The van der Waals surface area contributed by atoms with E-state index in [0.29, 0.717) is 11.8 Å². The van der Waals surface area contributed by atoms with Crippen molar-refractivity contribution in [3.05, 3.63) is 69.0 Å². The molecule has 5 rings (SSSR count). The third-order valence-corrected chi connectivity index (χ3v) is 11.6. The van der Waals surface area contributed by atoms with E-state index < -0.39 is 145 Å². The van der Waals surface area contributed by atoms with Crippen molar-refractivity contribution in [2.24, 2.45) is 17.6 Å². The number of Topliss-reactive ketones (excluding diaryl/α,β-unsaturated/α-hetero) is 2.